The second-order valence-electron chi connectivity index (χ2n) is 6.37. The van der Waals surface area contributed by atoms with Crippen LogP contribution < -0.4 is 5.32 Å². The first kappa shape index (κ1) is 17.0. The number of piperidine rings is 1. The van der Waals surface area contributed by atoms with Gasteiger partial charge < -0.3 is 5.32 Å². The van der Waals surface area contributed by atoms with Crippen LogP contribution in [0.25, 0.3) is 0 Å². The van der Waals surface area contributed by atoms with Crippen LogP contribution in [0.2, 0.25) is 5.02 Å². The highest BCUT2D eigenvalue weighted by atomic mass is 35.5. The minimum atomic E-state index is 0.0107. The lowest BCUT2D eigenvalue weighted by Gasteiger charge is -2.32. The number of carbonyl (C=O) groups is 1. The number of rotatable bonds is 5. The van der Waals surface area contributed by atoms with E-state index in [1.54, 1.807) is 10.9 Å². The maximum atomic E-state index is 12.4. The molecule has 1 saturated heterocycles. The van der Waals surface area contributed by atoms with Crippen molar-refractivity contribution in [2.24, 2.45) is 0 Å². The van der Waals surface area contributed by atoms with Crippen molar-refractivity contribution in [1.29, 1.82) is 0 Å². The number of likely N-dealkylation sites (tertiary alicyclic amines) is 1. The van der Waals surface area contributed by atoms with Gasteiger partial charge in [-0.05, 0) is 44.0 Å². The van der Waals surface area contributed by atoms with Crippen molar-refractivity contribution < 1.29 is 4.79 Å². The van der Waals surface area contributed by atoms with Crippen molar-refractivity contribution in [3.05, 3.63) is 47.1 Å². The Morgan fingerprint density at radius 2 is 2.25 bits per heavy atom. The van der Waals surface area contributed by atoms with Crippen LogP contribution in [-0.4, -0.2) is 39.7 Å². The predicted octanol–water partition coefficient (Wildman–Crippen LogP) is 3.40. The summed E-state index contributed by atoms with van der Waals surface area (Å²) in [4.78, 5) is 14.6. The van der Waals surface area contributed by atoms with E-state index in [9.17, 15) is 4.79 Å². The van der Waals surface area contributed by atoms with Gasteiger partial charge in [0.05, 0.1) is 19.3 Å². The highest BCUT2D eigenvalue weighted by Crippen LogP contribution is 2.17. The van der Waals surface area contributed by atoms with Crippen molar-refractivity contribution in [3.63, 3.8) is 0 Å². The SMILES string of the molecule is CC1CCCCN1CC(=O)Nc1ccnn1Cc1cccc(Cl)c1. The zero-order valence-electron chi connectivity index (χ0n) is 13.9. The Kier molecular flexibility index (Phi) is 5.53. The molecule has 0 bridgehead atoms. The van der Waals surface area contributed by atoms with E-state index in [0.717, 1.165) is 12.1 Å². The third-order valence-corrected chi connectivity index (χ3v) is 4.73. The molecule has 1 aromatic heterocycles. The molecule has 2 heterocycles. The van der Waals surface area contributed by atoms with E-state index in [1.165, 1.54) is 19.3 Å². The highest BCUT2D eigenvalue weighted by molar-refractivity contribution is 6.30. The standard InChI is InChI=1S/C18H23ClN4O/c1-14-5-2-3-10-22(14)13-18(24)21-17-8-9-20-23(17)12-15-6-4-7-16(19)11-15/h4,6-9,11,14H,2-3,5,10,12-13H2,1H3,(H,21,24). The number of amides is 1. The Bertz CT molecular complexity index is 700. The summed E-state index contributed by atoms with van der Waals surface area (Å²) < 4.78 is 1.78. The van der Waals surface area contributed by atoms with Crippen LogP contribution in [0, 0.1) is 0 Å². The van der Waals surface area contributed by atoms with Gasteiger partial charge in [-0.1, -0.05) is 30.2 Å². The van der Waals surface area contributed by atoms with Gasteiger partial charge in [0.15, 0.2) is 0 Å². The molecule has 1 unspecified atom stereocenters. The molecule has 0 aliphatic carbocycles. The van der Waals surface area contributed by atoms with Gasteiger partial charge in [-0.3, -0.25) is 9.69 Å². The van der Waals surface area contributed by atoms with Crippen LogP contribution in [0.1, 0.15) is 31.7 Å². The molecule has 1 aliphatic rings. The van der Waals surface area contributed by atoms with Crippen LogP contribution in [0.15, 0.2) is 36.5 Å². The van der Waals surface area contributed by atoms with Gasteiger partial charge in [-0.2, -0.15) is 5.10 Å². The molecule has 0 saturated carbocycles. The average Bonchev–Trinajstić information content (AvgIpc) is 2.96. The molecule has 1 aromatic carbocycles. The van der Waals surface area contributed by atoms with E-state index in [-0.39, 0.29) is 5.91 Å². The van der Waals surface area contributed by atoms with Gasteiger partial charge in [-0.15, -0.1) is 0 Å². The second kappa shape index (κ2) is 7.81. The Labute approximate surface area is 147 Å². The second-order valence-corrected chi connectivity index (χ2v) is 6.80. The number of hydrogen-bond acceptors (Lipinski definition) is 3. The predicted molar refractivity (Wildman–Crippen MR) is 96.3 cm³/mol. The fraction of sp³-hybridized carbons (Fsp3) is 0.444. The van der Waals surface area contributed by atoms with Gasteiger partial charge >= 0.3 is 0 Å². The van der Waals surface area contributed by atoms with Crippen molar-refractivity contribution in [3.8, 4) is 0 Å². The average molecular weight is 347 g/mol. The van der Waals surface area contributed by atoms with Crippen LogP contribution in [0.3, 0.4) is 0 Å². The summed E-state index contributed by atoms with van der Waals surface area (Å²) in [6, 6.07) is 9.95. The molecule has 1 aliphatic heterocycles. The normalized spacial score (nSPS) is 18.5. The molecule has 0 spiro atoms. The maximum Gasteiger partial charge on any atom is 0.239 e. The number of nitrogens with zero attached hydrogens (tertiary/aromatic N) is 3. The third-order valence-electron chi connectivity index (χ3n) is 4.49. The lowest BCUT2D eigenvalue weighted by atomic mass is 10.0. The molecule has 1 N–H and O–H groups in total. The van der Waals surface area contributed by atoms with Gasteiger partial charge in [-0.25, -0.2) is 4.68 Å². The maximum absolute atomic E-state index is 12.4. The van der Waals surface area contributed by atoms with E-state index in [4.69, 9.17) is 11.6 Å². The number of benzene rings is 1. The number of nitrogens with one attached hydrogen (secondary N) is 1. The fourth-order valence-corrected chi connectivity index (χ4v) is 3.35. The van der Waals surface area contributed by atoms with Crippen molar-refractivity contribution >= 4 is 23.3 Å². The molecular formula is C18H23ClN4O. The van der Waals surface area contributed by atoms with Gasteiger partial charge in [0, 0.05) is 17.1 Å². The van der Waals surface area contributed by atoms with Crippen molar-refractivity contribution in [2.75, 3.05) is 18.4 Å². The lowest BCUT2D eigenvalue weighted by Crippen LogP contribution is -2.42. The van der Waals surface area contributed by atoms with Crippen molar-refractivity contribution in [1.82, 2.24) is 14.7 Å². The summed E-state index contributed by atoms with van der Waals surface area (Å²) in [6.07, 6.45) is 5.29. The van der Waals surface area contributed by atoms with Crippen molar-refractivity contribution in [2.45, 2.75) is 38.8 Å². The minimum absolute atomic E-state index is 0.0107. The zero-order chi connectivity index (χ0) is 16.9. The molecular weight excluding hydrogens is 324 g/mol. The number of aromatic nitrogens is 2. The summed E-state index contributed by atoms with van der Waals surface area (Å²) in [5.74, 6) is 0.723. The summed E-state index contributed by atoms with van der Waals surface area (Å²) in [5.41, 5.74) is 1.05. The number of hydrogen-bond donors (Lipinski definition) is 1. The van der Waals surface area contributed by atoms with E-state index < -0.39 is 0 Å². The molecule has 0 radical (unpaired) electrons. The van der Waals surface area contributed by atoms with Crippen LogP contribution in [0.5, 0.6) is 0 Å². The minimum Gasteiger partial charge on any atom is -0.310 e. The third kappa shape index (κ3) is 4.36. The molecule has 5 nitrogen and oxygen atoms in total. The van der Waals surface area contributed by atoms with Gasteiger partial charge in [0.25, 0.3) is 0 Å². The first-order valence-electron chi connectivity index (χ1n) is 8.42. The van der Waals surface area contributed by atoms with Crippen LogP contribution in [0.4, 0.5) is 5.82 Å². The Hall–Kier alpha value is -1.85. The molecule has 3 rings (SSSR count). The molecule has 1 atom stereocenters. The number of anilines is 1. The highest BCUT2D eigenvalue weighted by Gasteiger charge is 2.21. The Morgan fingerprint density at radius 1 is 1.38 bits per heavy atom. The van der Waals surface area contributed by atoms with E-state index in [1.807, 2.05) is 30.3 Å². The quantitative estimate of drug-likeness (QED) is 0.902. The van der Waals surface area contributed by atoms with E-state index in [2.05, 4.69) is 22.2 Å². The lowest BCUT2D eigenvalue weighted by molar-refractivity contribution is -0.118. The number of carbonyl (C=O) groups excluding carboxylic acids is 1. The topological polar surface area (TPSA) is 50.2 Å². The van der Waals surface area contributed by atoms with Gasteiger partial charge in [0.1, 0.15) is 5.82 Å². The monoisotopic (exact) mass is 346 g/mol. The summed E-state index contributed by atoms with van der Waals surface area (Å²) in [5, 5.41) is 7.98. The zero-order valence-corrected chi connectivity index (χ0v) is 14.7. The fourth-order valence-electron chi connectivity index (χ4n) is 3.13. The molecule has 6 heteroatoms. The molecule has 128 valence electrons. The smallest absolute Gasteiger partial charge is 0.239 e. The molecule has 24 heavy (non-hydrogen) atoms. The van der Waals surface area contributed by atoms with E-state index in [0.29, 0.717) is 30.0 Å². The summed E-state index contributed by atoms with van der Waals surface area (Å²) in [6.45, 7) is 4.19. The first-order chi connectivity index (χ1) is 11.6. The van der Waals surface area contributed by atoms with E-state index >= 15 is 0 Å². The largest absolute Gasteiger partial charge is 0.310 e. The number of halogens is 1. The van der Waals surface area contributed by atoms with Gasteiger partial charge in [0.2, 0.25) is 5.91 Å². The Balaban J connectivity index is 1.61. The molecule has 1 fully saturated rings. The van der Waals surface area contributed by atoms with Crippen LogP contribution in [-0.2, 0) is 11.3 Å². The molecule has 2 aromatic rings. The summed E-state index contributed by atoms with van der Waals surface area (Å²) >= 11 is 6.03. The summed E-state index contributed by atoms with van der Waals surface area (Å²) in [7, 11) is 0. The molecule has 1 amide bonds. The first-order valence-corrected chi connectivity index (χ1v) is 8.80. The van der Waals surface area contributed by atoms with Crippen LogP contribution >= 0.6 is 11.6 Å². The Morgan fingerprint density at radius 3 is 3.04 bits per heavy atom.